The second kappa shape index (κ2) is 5.67. The van der Waals surface area contributed by atoms with Gasteiger partial charge in [-0.25, -0.2) is 9.97 Å². The lowest BCUT2D eigenvalue weighted by molar-refractivity contribution is 0.788. The molecule has 0 atom stereocenters. The maximum Gasteiger partial charge on any atom is 0.174 e. The van der Waals surface area contributed by atoms with Crippen LogP contribution < -0.4 is 5.32 Å². The number of rotatable bonds is 5. The van der Waals surface area contributed by atoms with E-state index in [0.717, 1.165) is 29.0 Å². The minimum atomic E-state index is 0.811. The van der Waals surface area contributed by atoms with Gasteiger partial charge >= 0.3 is 0 Å². The molecule has 17 heavy (non-hydrogen) atoms. The number of hydrogen-bond acceptors (Lipinski definition) is 5. The van der Waals surface area contributed by atoms with Crippen molar-refractivity contribution in [3.63, 3.8) is 0 Å². The van der Waals surface area contributed by atoms with Gasteiger partial charge < -0.3 is 9.88 Å². The van der Waals surface area contributed by atoms with Crippen molar-refractivity contribution < 1.29 is 0 Å². The summed E-state index contributed by atoms with van der Waals surface area (Å²) in [5.74, 6) is 0.811. The molecule has 2 aromatic rings. The second-order valence-corrected chi connectivity index (χ2v) is 4.58. The van der Waals surface area contributed by atoms with Crippen LogP contribution in [-0.2, 0) is 7.05 Å². The van der Waals surface area contributed by atoms with Crippen LogP contribution in [0, 0.1) is 0 Å². The van der Waals surface area contributed by atoms with E-state index >= 15 is 0 Å². The number of hydrogen-bond donors (Lipinski definition) is 1. The summed E-state index contributed by atoms with van der Waals surface area (Å²) in [6.07, 6.45) is 8.23. The van der Waals surface area contributed by atoms with Gasteiger partial charge in [0.15, 0.2) is 5.16 Å². The Kier molecular flexibility index (Phi) is 3.98. The van der Waals surface area contributed by atoms with Gasteiger partial charge in [0, 0.05) is 26.0 Å². The van der Waals surface area contributed by atoms with Crippen LogP contribution in [0.4, 0.5) is 5.82 Å². The lowest BCUT2D eigenvalue weighted by atomic mass is 10.5. The van der Waals surface area contributed by atoms with Gasteiger partial charge in [0.2, 0.25) is 0 Å². The van der Waals surface area contributed by atoms with Crippen LogP contribution >= 0.6 is 11.8 Å². The van der Waals surface area contributed by atoms with Gasteiger partial charge in [-0.1, -0.05) is 6.92 Å². The number of aromatic nitrogens is 4. The molecule has 0 bridgehead atoms. The molecule has 0 aromatic carbocycles. The van der Waals surface area contributed by atoms with Crippen molar-refractivity contribution in [1.82, 2.24) is 19.5 Å². The van der Waals surface area contributed by atoms with Gasteiger partial charge in [-0.05, 0) is 18.2 Å². The molecule has 0 spiro atoms. The third kappa shape index (κ3) is 3.20. The Bertz CT molecular complexity index is 482. The van der Waals surface area contributed by atoms with E-state index in [0.29, 0.717) is 0 Å². The Balaban J connectivity index is 2.08. The minimum absolute atomic E-state index is 0.811. The van der Waals surface area contributed by atoms with Gasteiger partial charge in [-0.15, -0.1) is 0 Å². The average molecular weight is 249 g/mol. The highest BCUT2D eigenvalue weighted by molar-refractivity contribution is 7.99. The third-order valence-electron chi connectivity index (χ3n) is 2.14. The summed E-state index contributed by atoms with van der Waals surface area (Å²) in [5, 5.41) is 4.97. The molecule has 0 saturated heterocycles. The minimum Gasteiger partial charge on any atom is -0.369 e. The summed E-state index contributed by atoms with van der Waals surface area (Å²) >= 11 is 1.51. The smallest absolute Gasteiger partial charge is 0.174 e. The summed E-state index contributed by atoms with van der Waals surface area (Å²) in [6, 6.07) is 0. The summed E-state index contributed by atoms with van der Waals surface area (Å²) in [5.41, 5.74) is 0. The zero-order valence-electron chi connectivity index (χ0n) is 9.92. The van der Waals surface area contributed by atoms with Crippen LogP contribution in [0.15, 0.2) is 35.0 Å². The standard InChI is InChI=1S/C11H15N5S/c1-3-4-13-9-7-12-8-10(15-9)17-11-14-5-6-16(11)2/h5-8H,3-4H2,1-2H3,(H,13,15). The number of aryl methyl sites for hydroxylation is 1. The first-order valence-electron chi connectivity index (χ1n) is 5.50. The van der Waals surface area contributed by atoms with Gasteiger partial charge in [-0.2, -0.15) is 0 Å². The molecular weight excluding hydrogens is 234 g/mol. The largest absolute Gasteiger partial charge is 0.369 e. The molecule has 2 aromatic heterocycles. The Hall–Kier alpha value is -1.56. The summed E-state index contributed by atoms with van der Waals surface area (Å²) in [6.45, 7) is 3.03. The number of imidazole rings is 1. The average Bonchev–Trinajstić information content (AvgIpc) is 2.73. The zero-order chi connectivity index (χ0) is 12.1. The van der Waals surface area contributed by atoms with Crippen LogP contribution in [0.2, 0.25) is 0 Å². The molecule has 0 radical (unpaired) electrons. The Morgan fingerprint density at radius 1 is 1.41 bits per heavy atom. The van der Waals surface area contributed by atoms with E-state index in [-0.39, 0.29) is 0 Å². The first-order chi connectivity index (χ1) is 8.29. The van der Waals surface area contributed by atoms with E-state index in [4.69, 9.17) is 0 Å². The van der Waals surface area contributed by atoms with E-state index in [1.165, 1.54) is 11.8 Å². The Morgan fingerprint density at radius 3 is 3.00 bits per heavy atom. The SMILES string of the molecule is CCCNc1cncc(Sc2nccn2C)n1. The fourth-order valence-electron chi connectivity index (χ4n) is 1.28. The molecule has 2 heterocycles. The predicted octanol–water partition coefficient (Wildman–Crippen LogP) is 2.18. The molecular formula is C11H15N5S. The summed E-state index contributed by atoms with van der Waals surface area (Å²) < 4.78 is 1.96. The van der Waals surface area contributed by atoms with Crippen LogP contribution in [0.5, 0.6) is 0 Å². The van der Waals surface area contributed by atoms with Crippen molar-refractivity contribution in [3.8, 4) is 0 Å². The molecule has 5 nitrogen and oxygen atoms in total. The first kappa shape index (κ1) is 11.9. The fourth-order valence-corrected chi connectivity index (χ4v) is 2.04. The van der Waals surface area contributed by atoms with Crippen molar-refractivity contribution in [2.45, 2.75) is 23.5 Å². The van der Waals surface area contributed by atoms with E-state index in [2.05, 4.69) is 27.2 Å². The van der Waals surface area contributed by atoms with Crippen molar-refractivity contribution in [1.29, 1.82) is 0 Å². The van der Waals surface area contributed by atoms with Crippen molar-refractivity contribution in [2.24, 2.45) is 7.05 Å². The highest BCUT2D eigenvalue weighted by Crippen LogP contribution is 2.23. The topological polar surface area (TPSA) is 55.6 Å². The van der Waals surface area contributed by atoms with E-state index in [1.54, 1.807) is 18.6 Å². The van der Waals surface area contributed by atoms with Gasteiger partial charge in [0.05, 0.1) is 12.4 Å². The van der Waals surface area contributed by atoms with Crippen LogP contribution in [0.1, 0.15) is 13.3 Å². The van der Waals surface area contributed by atoms with E-state index in [9.17, 15) is 0 Å². The number of nitrogens with one attached hydrogen (secondary N) is 1. The van der Waals surface area contributed by atoms with E-state index in [1.807, 2.05) is 17.8 Å². The van der Waals surface area contributed by atoms with Crippen molar-refractivity contribution in [3.05, 3.63) is 24.8 Å². The Labute approximate surface area is 105 Å². The van der Waals surface area contributed by atoms with Crippen molar-refractivity contribution in [2.75, 3.05) is 11.9 Å². The molecule has 0 fully saturated rings. The van der Waals surface area contributed by atoms with Gasteiger partial charge in [-0.3, -0.25) is 4.98 Å². The van der Waals surface area contributed by atoms with Gasteiger partial charge in [0.25, 0.3) is 0 Å². The monoisotopic (exact) mass is 249 g/mol. The number of nitrogens with zero attached hydrogens (tertiary/aromatic N) is 4. The number of anilines is 1. The second-order valence-electron chi connectivity index (χ2n) is 3.59. The van der Waals surface area contributed by atoms with Crippen molar-refractivity contribution >= 4 is 17.6 Å². The maximum absolute atomic E-state index is 4.46. The third-order valence-corrected chi connectivity index (χ3v) is 3.12. The lowest BCUT2D eigenvalue weighted by Crippen LogP contribution is -2.02. The van der Waals surface area contributed by atoms with Crippen LogP contribution in [0.25, 0.3) is 0 Å². The molecule has 0 aliphatic heterocycles. The molecule has 0 saturated carbocycles. The fraction of sp³-hybridized carbons (Fsp3) is 0.364. The molecule has 0 unspecified atom stereocenters. The van der Waals surface area contributed by atoms with Crippen LogP contribution in [0.3, 0.4) is 0 Å². The summed E-state index contributed by atoms with van der Waals surface area (Å²) in [7, 11) is 1.96. The molecule has 0 aliphatic rings. The molecule has 1 N–H and O–H groups in total. The molecule has 6 heteroatoms. The zero-order valence-corrected chi connectivity index (χ0v) is 10.7. The lowest BCUT2D eigenvalue weighted by Gasteiger charge is -2.05. The summed E-state index contributed by atoms with van der Waals surface area (Å²) in [4.78, 5) is 12.9. The molecule has 0 amide bonds. The highest BCUT2D eigenvalue weighted by atomic mass is 32.2. The molecule has 90 valence electrons. The Morgan fingerprint density at radius 2 is 2.29 bits per heavy atom. The molecule has 2 rings (SSSR count). The van der Waals surface area contributed by atoms with Crippen LogP contribution in [-0.4, -0.2) is 26.1 Å². The quantitative estimate of drug-likeness (QED) is 0.880. The van der Waals surface area contributed by atoms with Gasteiger partial charge in [0.1, 0.15) is 10.8 Å². The molecule has 0 aliphatic carbocycles. The first-order valence-corrected chi connectivity index (χ1v) is 6.32. The van der Waals surface area contributed by atoms with E-state index < -0.39 is 0 Å². The predicted molar refractivity (Wildman–Crippen MR) is 68.1 cm³/mol. The highest BCUT2D eigenvalue weighted by Gasteiger charge is 2.04. The maximum atomic E-state index is 4.46. The normalized spacial score (nSPS) is 10.5.